The van der Waals surface area contributed by atoms with Crippen LogP contribution in [0.1, 0.15) is 5.56 Å². The third kappa shape index (κ3) is 1.83. The van der Waals surface area contributed by atoms with Gasteiger partial charge in [0.2, 0.25) is 0 Å². The first-order chi connectivity index (χ1) is 8.63. The highest BCUT2D eigenvalue weighted by atomic mass is 35.5. The molecular weight excluding hydrogens is 248 g/mol. The summed E-state index contributed by atoms with van der Waals surface area (Å²) in [6.45, 7) is 1.98. The van der Waals surface area contributed by atoms with Gasteiger partial charge in [0.25, 0.3) is 0 Å². The zero-order chi connectivity index (χ0) is 12.7. The Labute approximate surface area is 109 Å². The maximum absolute atomic E-state index is 5.96. The van der Waals surface area contributed by atoms with Gasteiger partial charge in [-0.25, -0.2) is 4.98 Å². The lowest BCUT2D eigenvalue weighted by atomic mass is 10.1. The number of aromatic nitrogens is 1. The van der Waals surface area contributed by atoms with Crippen molar-refractivity contribution in [2.75, 3.05) is 5.73 Å². The van der Waals surface area contributed by atoms with Gasteiger partial charge in [0.15, 0.2) is 0 Å². The number of hydrogen-bond acceptors (Lipinski definition) is 3. The van der Waals surface area contributed by atoms with E-state index in [1.165, 1.54) is 0 Å². The molecule has 2 heterocycles. The van der Waals surface area contributed by atoms with Gasteiger partial charge in [0, 0.05) is 22.2 Å². The van der Waals surface area contributed by atoms with E-state index in [0.29, 0.717) is 10.8 Å². The van der Waals surface area contributed by atoms with Crippen molar-refractivity contribution in [2.24, 2.45) is 0 Å². The molecule has 0 bridgehead atoms. The first-order valence-corrected chi connectivity index (χ1v) is 5.93. The van der Waals surface area contributed by atoms with Crippen molar-refractivity contribution in [1.29, 1.82) is 0 Å². The molecule has 0 fully saturated rings. The Morgan fingerprint density at radius 2 is 2.06 bits per heavy atom. The number of nitrogens with two attached hydrogens (primary N) is 1. The molecule has 0 amide bonds. The monoisotopic (exact) mass is 258 g/mol. The summed E-state index contributed by atoms with van der Waals surface area (Å²) >= 11 is 5.96. The van der Waals surface area contributed by atoms with Crippen molar-refractivity contribution < 1.29 is 4.42 Å². The van der Waals surface area contributed by atoms with Crippen LogP contribution >= 0.6 is 11.6 Å². The van der Waals surface area contributed by atoms with Gasteiger partial charge in [-0.15, -0.1) is 0 Å². The maximum Gasteiger partial charge on any atom is 0.137 e. The Kier molecular flexibility index (Phi) is 2.49. The van der Waals surface area contributed by atoms with Crippen LogP contribution < -0.4 is 5.73 Å². The van der Waals surface area contributed by atoms with Crippen LogP contribution in [0.15, 0.2) is 40.9 Å². The van der Waals surface area contributed by atoms with E-state index >= 15 is 0 Å². The Hall–Kier alpha value is -2.00. The molecule has 1 aromatic carbocycles. The van der Waals surface area contributed by atoms with E-state index in [4.69, 9.17) is 21.8 Å². The van der Waals surface area contributed by atoms with Crippen LogP contribution in [0.3, 0.4) is 0 Å². The summed E-state index contributed by atoms with van der Waals surface area (Å²) in [6.07, 6.45) is 1.73. The molecule has 3 aromatic rings. The average Bonchev–Trinajstić information content (AvgIpc) is 2.71. The van der Waals surface area contributed by atoms with Crippen molar-refractivity contribution in [3.63, 3.8) is 0 Å². The van der Waals surface area contributed by atoms with Gasteiger partial charge in [-0.05, 0) is 42.8 Å². The second-order valence-corrected chi connectivity index (χ2v) is 4.65. The molecule has 0 saturated carbocycles. The van der Waals surface area contributed by atoms with Crippen LogP contribution in [-0.4, -0.2) is 4.98 Å². The minimum absolute atomic E-state index is 0.510. The molecule has 18 heavy (non-hydrogen) atoms. The number of rotatable bonds is 1. The van der Waals surface area contributed by atoms with Gasteiger partial charge in [-0.1, -0.05) is 11.6 Å². The predicted octanol–water partition coefficient (Wildman–Crippen LogP) is 4.04. The van der Waals surface area contributed by atoms with Crippen LogP contribution in [0.2, 0.25) is 5.02 Å². The van der Waals surface area contributed by atoms with Crippen LogP contribution in [0, 0.1) is 6.92 Å². The number of nitrogen functional groups attached to an aromatic ring is 1. The van der Waals surface area contributed by atoms with E-state index in [1.807, 2.05) is 37.3 Å². The zero-order valence-corrected chi connectivity index (χ0v) is 10.5. The molecule has 2 aromatic heterocycles. The number of furan rings is 1. The Bertz CT molecular complexity index is 734. The van der Waals surface area contributed by atoms with Crippen molar-refractivity contribution in [2.45, 2.75) is 6.92 Å². The highest BCUT2D eigenvalue weighted by molar-refractivity contribution is 6.31. The molecule has 0 spiro atoms. The molecule has 3 nitrogen and oxygen atoms in total. The number of anilines is 1. The molecule has 0 atom stereocenters. The molecule has 3 rings (SSSR count). The maximum atomic E-state index is 5.96. The van der Waals surface area contributed by atoms with Crippen molar-refractivity contribution in [3.05, 3.63) is 47.1 Å². The number of nitrogens with zero attached hydrogens (tertiary/aromatic N) is 1. The second-order valence-electron chi connectivity index (χ2n) is 4.22. The van der Waals surface area contributed by atoms with E-state index in [0.717, 1.165) is 27.9 Å². The smallest absolute Gasteiger partial charge is 0.137 e. The molecule has 0 aliphatic rings. The molecular formula is C14H11ClN2O. The molecule has 0 aliphatic heterocycles. The van der Waals surface area contributed by atoms with E-state index in [1.54, 1.807) is 6.20 Å². The Morgan fingerprint density at radius 3 is 2.83 bits per heavy atom. The number of hydrogen-bond donors (Lipinski definition) is 1. The molecule has 0 saturated heterocycles. The van der Waals surface area contributed by atoms with Crippen LogP contribution in [0.5, 0.6) is 0 Å². The fourth-order valence-corrected chi connectivity index (χ4v) is 2.16. The van der Waals surface area contributed by atoms with Crippen LogP contribution in [-0.2, 0) is 0 Å². The van der Waals surface area contributed by atoms with Crippen molar-refractivity contribution in [1.82, 2.24) is 4.98 Å². The molecule has 2 N–H and O–H groups in total. The predicted molar refractivity (Wildman–Crippen MR) is 73.6 cm³/mol. The van der Waals surface area contributed by atoms with Gasteiger partial charge < -0.3 is 10.2 Å². The standard InChI is InChI=1S/C14H11ClN2O/c1-8-4-14(16)17-7-11(8)13-6-9-5-10(15)2-3-12(9)18-13/h2-7H,1H3,(H2,16,17). The number of aryl methyl sites for hydroxylation is 1. The highest BCUT2D eigenvalue weighted by Gasteiger charge is 2.09. The second kappa shape index (κ2) is 4.03. The summed E-state index contributed by atoms with van der Waals surface area (Å²) in [5.41, 5.74) is 8.43. The normalized spacial score (nSPS) is 11.0. The summed E-state index contributed by atoms with van der Waals surface area (Å²) in [7, 11) is 0. The van der Waals surface area contributed by atoms with E-state index in [2.05, 4.69) is 4.98 Å². The molecule has 0 aliphatic carbocycles. The SMILES string of the molecule is Cc1cc(N)ncc1-c1cc2cc(Cl)ccc2o1. The lowest BCUT2D eigenvalue weighted by Gasteiger charge is -2.02. The summed E-state index contributed by atoms with van der Waals surface area (Å²) in [6, 6.07) is 9.34. The average molecular weight is 259 g/mol. The number of fused-ring (bicyclic) bond motifs is 1. The number of halogens is 1. The molecule has 90 valence electrons. The van der Waals surface area contributed by atoms with E-state index in [-0.39, 0.29) is 0 Å². The summed E-state index contributed by atoms with van der Waals surface area (Å²) in [5.74, 6) is 1.28. The lowest BCUT2D eigenvalue weighted by Crippen LogP contribution is -1.91. The topological polar surface area (TPSA) is 52.0 Å². The molecule has 0 unspecified atom stereocenters. The van der Waals surface area contributed by atoms with E-state index < -0.39 is 0 Å². The lowest BCUT2D eigenvalue weighted by molar-refractivity contribution is 0.630. The zero-order valence-electron chi connectivity index (χ0n) is 9.77. The Balaban J connectivity index is 2.19. The van der Waals surface area contributed by atoms with Gasteiger partial charge in [0.05, 0.1) is 0 Å². The summed E-state index contributed by atoms with van der Waals surface area (Å²) < 4.78 is 5.79. The van der Waals surface area contributed by atoms with Crippen LogP contribution in [0.25, 0.3) is 22.3 Å². The molecule has 0 radical (unpaired) electrons. The fraction of sp³-hybridized carbons (Fsp3) is 0.0714. The fourth-order valence-electron chi connectivity index (χ4n) is 1.98. The first kappa shape index (κ1) is 11.1. The minimum Gasteiger partial charge on any atom is -0.456 e. The third-order valence-electron chi connectivity index (χ3n) is 2.88. The van der Waals surface area contributed by atoms with Gasteiger partial charge in [0.1, 0.15) is 17.2 Å². The highest BCUT2D eigenvalue weighted by Crippen LogP contribution is 2.31. The number of benzene rings is 1. The first-order valence-electron chi connectivity index (χ1n) is 5.55. The van der Waals surface area contributed by atoms with Gasteiger partial charge in [-0.3, -0.25) is 0 Å². The van der Waals surface area contributed by atoms with Crippen molar-refractivity contribution >= 4 is 28.4 Å². The van der Waals surface area contributed by atoms with Gasteiger partial charge in [-0.2, -0.15) is 0 Å². The van der Waals surface area contributed by atoms with Crippen molar-refractivity contribution in [3.8, 4) is 11.3 Å². The number of pyridine rings is 1. The quantitative estimate of drug-likeness (QED) is 0.717. The van der Waals surface area contributed by atoms with Crippen LogP contribution in [0.4, 0.5) is 5.82 Å². The third-order valence-corrected chi connectivity index (χ3v) is 3.11. The summed E-state index contributed by atoms with van der Waals surface area (Å²) in [5, 5.41) is 1.68. The van der Waals surface area contributed by atoms with E-state index in [9.17, 15) is 0 Å². The van der Waals surface area contributed by atoms with Gasteiger partial charge >= 0.3 is 0 Å². The Morgan fingerprint density at radius 1 is 1.22 bits per heavy atom. The minimum atomic E-state index is 0.510. The largest absolute Gasteiger partial charge is 0.456 e. The molecule has 4 heteroatoms. The summed E-state index contributed by atoms with van der Waals surface area (Å²) in [4.78, 5) is 4.10.